The van der Waals surface area contributed by atoms with Gasteiger partial charge in [0.15, 0.2) is 0 Å². The Balaban J connectivity index is 0.000000270. The van der Waals surface area contributed by atoms with Crippen LogP contribution in [0.15, 0.2) is 66.0 Å². The summed E-state index contributed by atoms with van der Waals surface area (Å²) in [5.74, 6) is -0.622. The smallest absolute Gasteiger partial charge is 0.248 e. The lowest BCUT2D eigenvalue weighted by atomic mass is 10.0. The molecule has 0 atom stereocenters. The molecular weight excluding hydrogens is 530 g/mol. The number of hydrogen-bond donors (Lipinski definition) is 3. The summed E-state index contributed by atoms with van der Waals surface area (Å²) in [5, 5.41) is 19.9. The summed E-state index contributed by atoms with van der Waals surface area (Å²) in [4.78, 5) is 20.4. The Hall–Kier alpha value is -3.72. The van der Waals surface area contributed by atoms with Gasteiger partial charge in [-0.05, 0) is 60.9 Å². The van der Waals surface area contributed by atoms with Gasteiger partial charge in [0, 0.05) is 61.1 Å². The minimum absolute atomic E-state index is 0.0586. The zero-order valence-corrected chi connectivity index (χ0v) is 23.6. The number of piperazine rings is 1. The van der Waals surface area contributed by atoms with Gasteiger partial charge in [-0.15, -0.1) is 11.3 Å². The largest absolute Gasteiger partial charge is 0.506 e. The van der Waals surface area contributed by atoms with E-state index in [4.69, 9.17) is 32.8 Å². The molecule has 1 saturated heterocycles. The number of carbonyl (C=O) groups excluding carboxylic acids is 1. The highest BCUT2D eigenvalue weighted by Crippen LogP contribution is 2.27. The van der Waals surface area contributed by atoms with E-state index < -0.39 is 5.91 Å². The fourth-order valence-electron chi connectivity index (χ4n) is 4.45. The first kappa shape index (κ1) is 28.3. The van der Waals surface area contributed by atoms with E-state index in [0.29, 0.717) is 0 Å². The predicted octanol–water partition coefficient (Wildman–Crippen LogP) is 5.89. The molecule has 1 amide bonds. The molecule has 1 fully saturated rings. The van der Waals surface area contributed by atoms with E-state index in [1.165, 1.54) is 52.5 Å². The number of rotatable bonds is 6. The summed E-state index contributed by atoms with van der Waals surface area (Å²) in [7, 11) is 0. The van der Waals surface area contributed by atoms with Gasteiger partial charge < -0.3 is 21.1 Å². The Kier molecular flexibility index (Phi) is 9.35. The van der Waals surface area contributed by atoms with Crippen LogP contribution in [0.4, 0.5) is 5.69 Å². The van der Waals surface area contributed by atoms with Crippen LogP contribution in [0.1, 0.15) is 32.7 Å². The second kappa shape index (κ2) is 12.9. The molecule has 0 unspecified atom stereocenters. The average Bonchev–Trinajstić information content (AvgIpc) is 3.41. The topological polar surface area (TPSA) is 107 Å². The third kappa shape index (κ3) is 7.23. The van der Waals surface area contributed by atoms with Crippen LogP contribution in [0.2, 0.25) is 5.02 Å². The van der Waals surface area contributed by atoms with Crippen LogP contribution in [0.25, 0.3) is 10.6 Å². The summed E-state index contributed by atoms with van der Waals surface area (Å²) in [6.07, 6.45) is 1.45. The van der Waals surface area contributed by atoms with Crippen LogP contribution in [-0.4, -0.2) is 53.3 Å². The number of nitrogens with one attached hydrogen (secondary N) is 1. The standard InChI is InChI=1S/C23H26N4S.C7H6ClNO2/c1-17-13-22(18(2)12-20(17)14-24)27-10-8-26(9-11-27)15-21-16-28-23(25-21)19-6-4-3-5-7-19;8-5-3-4(7(9)11)1-2-6(5)10/h3-7,12-14,16,24H,8-11,15H2,1-2H3;1-3,10H,(H2,9,11). The van der Waals surface area contributed by atoms with Gasteiger partial charge in [0.25, 0.3) is 0 Å². The molecule has 0 radical (unpaired) electrons. The molecule has 0 saturated carbocycles. The quantitative estimate of drug-likeness (QED) is 0.254. The van der Waals surface area contributed by atoms with E-state index in [9.17, 15) is 4.79 Å². The molecule has 1 aliphatic rings. The molecule has 39 heavy (non-hydrogen) atoms. The lowest BCUT2D eigenvalue weighted by Gasteiger charge is -2.36. The number of primary amides is 1. The predicted molar refractivity (Wildman–Crippen MR) is 160 cm³/mol. The highest BCUT2D eigenvalue weighted by Gasteiger charge is 2.20. The van der Waals surface area contributed by atoms with Gasteiger partial charge in [0.05, 0.1) is 10.7 Å². The van der Waals surface area contributed by atoms with Crippen molar-refractivity contribution in [1.82, 2.24) is 9.88 Å². The maximum atomic E-state index is 10.5. The van der Waals surface area contributed by atoms with Crippen molar-refractivity contribution in [3.05, 3.63) is 99.0 Å². The monoisotopic (exact) mass is 561 g/mol. The number of aromatic nitrogens is 1. The van der Waals surface area contributed by atoms with Crippen molar-refractivity contribution in [2.75, 3.05) is 31.1 Å². The normalized spacial score (nSPS) is 13.5. The van der Waals surface area contributed by atoms with Crippen molar-refractivity contribution < 1.29 is 9.90 Å². The molecule has 3 aromatic carbocycles. The molecule has 5 rings (SSSR count). The maximum Gasteiger partial charge on any atom is 0.248 e. The van der Waals surface area contributed by atoms with Crippen LogP contribution in [-0.2, 0) is 6.54 Å². The highest BCUT2D eigenvalue weighted by molar-refractivity contribution is 7.13. The lowest BCUT2D eigenvalue weighted by Crippen LogP contribution is -2.46. The number of nitrogens with zero attached hydrogens (tertiary/aromatic N) is 3. The summed E-state index contributed by atoms with van der Waals surface area (Å²) < 4.78 is 0. The van der Waals surface area contributed by atoms with Crippen molar-refractivity contribution in [2.24, 2.45) is 5.73 Å². The van der Waals surface area contributed by atoms with Gasteiger partial charge in [-0.2, -0.15) is 0 Å². The highest BCUT2D eigenvalue weighted by atomic mass is 35.5. The number of phenolic OH excluding ortho intramolecular Hbond substituents is 1. The van der Waals surface area contributed by atoms with Gasteiger partial charge in [0.2, 0.25) is 5.91 Å². The van der Waals surface area contributed by atoms with Crippen LogP contribution in [0.3, 0.4) is 0 Å². The second-order valence-electron chi connectivity index (χ2n) is 9.44. The molecule has 7 nitrogen and oxygen atoms in total. The molecule has 4 N–H and O–H groups in total. The van der Waals surface area contributed by atoms with Crippen LogP contribution in [0.5, 0.6) is 5.75 Å². The van der Waals surface area contributed by atoms with E-state index in [-0.39, 0.29) is 16.3 Å². The Morgan fingerprint density at radius 3 is 2.44 bits per heavy atom. The molecule has 2 heterocycles. The van der Waals surface area contributed by atoms with Gasteiger partial charge in [-0.1, -0.05) is 41.9 Å². The molecule has 4 aromatic rings. The minimum atomic E-state index is -0.563. The number of nitrogens with two attached hydrogens (primary N) is 1. The van der Waals surface area contributed by atoms with Crippen molar-refractivity contribution in [2.45, 2.75) is 20.4 Å². The Morgan fingerprint density at radius 2 is 1.79 bits per heavy atom. The van der Waals surface area contributed by atoms with Crippen molar-refractivity contribution in [1.29, 1.82) is 5.41 Å². The number of halogens is 1. The van der Waals surface area contributed by atoms with E-state index >= 15 is 0 Å². The van der Waals surface area contributed by atoms with Gasteiger partial charge in [-0.25, -0.2) is 4.98 Å². The molecular formula is C30H32ClN5O2S. The molecule has 0 aliphatic carbocycles. The molecule has 202 valence electrons. The Labute approximate surface area is 238 Å². The fraction of sp³-hybridized carbons (Fsp3) is 0.233. The number of thiazole rings is 1. The third-order valence-corrected chi connectivity index (χ3v) is 7.89. The first-order valence-electron chi connectivity index (χ1n) is 12.6. The zero-order chi connectivity index (χ0) is 27.9. The van der Waals surface area contributed by atoms with Crippen molar-refractivity contribution >= 4 is 40.7 Å². The lowest BCUT2D eigenvalue weighted by molar-refractivity contribution is 0.100. The molecule has 0 spiro atoms. The number of phenols is 1. The van der Waals surface area contributed by atoms with Crippen LogP contribution < -0.4 is 10.6 Å². The summed E-state index contributed by atoms with van der Waals surface area (Å²) in [5.41, 5.74) is 12.4. The number of carbonyl (C=O) groups is 1. The van der Waals surface area contributed by atoms with E-state index in [1.807, 2.05) is 6.07 Å². The van der Waals surface area contributed by atoms with Gasteiger partial charge >= 0.3 is 0 Å². The SMILES string of the molecule is Cc1cc(N2CCN(Cc3csc(-c4ccccc4)n3)CC2)c(C)cc1C=N.NC(=O)c1ccc(O)c(Cl)c1. The zero-order valence-electron chi connectivity index (χ0n) is 22.0. The minimum Gasteiger partial charge on any atom is -0.506 e. The number of aromatic hydroxyl groups is 1. The summed E-state index contributed by atoms with van der Waals surface area (Å²) in [6, 6.07) is 18.8. The number of anilines is 1. The molecule has 0 bridgehead atoms. The van der Waals surface area contributed by atoms with Crippen LogP contribution in [0, 0.1) is 19.3 Å². The Morgan fingerprint density at radius 1 is 1.08 bits per heavy atom. The number of benzene rings is 3. The van der Waals surface area contributed by atoms with Crippen LogP contribution >= 0.6 is 22.9 Å². The molecule has 1 aromatic heterocycles. The van der Waals surface area contributed by atoms with Crippen molar-refractivity contribution in [3.63, 3.8) is 0 Å². The third-order valence-electron chi connectivity index (χ3n) is 6.64. The summed E-state index contributed by atoms with van der Waals surface area (Å²) >= 11 is 7.23. The Bertz CT molecular complexity index is 1450. The summed E-state index contributed by atoms with van der Waals surface area (Å²) in [6.45, 7) is 9.30. The maximum absolute atomic E-state index is 10.5. The first-order valence-corrected chi connectivity index (χ1v) is 13.9. The fourth-order valence-corrected chi connectivity index (χ4v) is 5.45. The number of aryl methyl sites for hydroxylation is 2. The second-order valence-corrected chi connectivity index (χ2v) is 10.7. The van der Waals surface area contributed by atoms with E-state index in [0.717, 1.165) is 43.3 Å². The average molecular weight is 562 g/mol. The molecule has 9 heteroatoms. The molecule has 1 aliphatic heterocycles. The first-order chi connectivity index (χ1) is 18.7. The van der Waals surface area contributed by atoms with Gasteiger partial charge in [0.1, 0.15) is 10.8 Å². The van der Waals surface area contributed by atoms with E-state index in [2.05, 4.69) is 65.4 Å². The van der Waals surface area contributed by atoms with Gasteiger partial charge in [-0.3, -0.25) is 9.69 Å². The van der Waals surface area contributed by atoms with Crippen molar-refractivity contribution in [3.8, 4) is 16.3 Å². The van der Waals surface area contributed by atoms with E-state index in [1.54, 1.807) is 11.3 Å². The number of hydrogen-bond acceptors (Lipinski definition) is 7. The number of amides is 1.